The average molecular weight is 239 g/mol. The van der Waals surface area contributed by atoms with Gasteiger partial charge in [-0.2, -0.15) is 0 Å². The summed E-state index contributed by atoms with van der Waals surface area (Å²) in [6.45, 7) is 6.17. The Morgan fingerprint density at radius 2 is 1.93 bits per heavy atom. The molecule has 82 valence electrons. The minimum absolute atomic E-state index is 0.920. The molecule has 0 radical (unpaired) electrons. The van der Waals surface area contributed by atoms with Crippen LogP contribution in [0.5, 0.6) is 0 Å². The van der Waals surface area contributed by atoms with Gasteiger partial charge in [0.2, 0.25) is 0 Å². The van der Waals surface area contributed by atoms with Crippen molar-refractivity contribution in [3.63, 3.8) is 0 Å². The topological polar surface area (TPSA) is 3.24 Å². The van der Waals surface area contributed by atoms with Gasteiger partial charge < -0.3 is 4.90 Å². The van der Waals surface area contributed by atoms with E-state index >= 15 is 0 Å². The number of benzene rings is 1. The van der Waals surface area contributed by atoms with Crippen molar-refractivity contribution in [3.05, 3.63) is 35.9 Å². The maximum atomic E-state index is 5.36. The maximum Gasteiger partial charge on any atom is 0.136 e. The van der Waals surface area contributed by atoms with Crippen molar-refractivity contribution in [1.29, 1.82) is 0 Å². The molecule has 0 saturated carbocycles. The van der Waals surface area contributed by atoms with Crippen LogP contribution in [0.25, 0.3) is 0 Å². The molecule has 0 aliphatic carbocycles. The van der Waals surface area contributed by atoms with Crippen molar-refractivity contribution in [2.75, 3.05) is 12.3 Å². The number of hydrogen-bond acceptors (Lipinski definition) is 2. The third-order valence-corrected chi connectivity index (χ3v) is 3.53. The van der Waals surface area contributed by atoms with E-state index in [1.807, 2.05) is 6.07 Å². The van der Waals surface area contributed by atoms with E-state index in [4.69, 9.17) is 12.2 Å². The van der Waals surface area contributed by atoms with Crippen molar-refractivity contribution in [2.24, 2.45) is 0 Å². The summed E-state index contributed by atoms with van der Waals surface area (Å²) in [5.74, 6) is 1.05. The molecule has 0 spiro atoms. The first-order chi connectivity index (χ1) is 7.27. The summed E-state index contributed by atoms with van der Waals surface area (Å²) in [7, 11) is 0. The molecular weight excluding hydrogens is 222 g/mol. The minimum Gasteiger partial charge on any atom is -0.353 e. The zero-order valence-corrected chi connectivity index (χ0v) is 10.9. The summed E-state index contributed by atoms with van der Waals surface area (Å²) in [5.41, 5.74) is 1.32. The average Bonchev–Trinajstić information content (AvgIpc) is 2.27. The van der Waals surface area contributed by atoms with Crippen LogP contribution in [0, 0.1) is 0 Å². The van der Waals surface area contributed by atoms with Gasteiger partial charge in [-0.1, -0.05) is 61.2 Å². The Morgan fingerprint density at radius 1 is 1.27 bits per heavy atom. The maximum absolute atomic E-state index is 5.36. The summed E-state index contributed by atoms with van der Waals surface area (Å²) < 4.78 is 1.00. The summed E-state index contributed by atoms with van der Waals surface area (Å²) >= 11 is 7.10. The van der Waals surface area contributed by atoms with Gasteiger partial charge in [0, 0.05) is 13.1 Å². The largest absolute Gasteiger partial charge is 0.353 e. The Labute approximate surface area is 102 Å². The third kappa shape index (κ3) is 4.22. The quantitative estimate of drug-likeness (QED) is 0.740. The number of nitrogens with zero attached hydrogens (tertiary/aromatic N) is 1. The summed E-state index contributed by atoms with van der Waals surface area (Å²) in [6.07, 6.45) is 0. The first-order valence-electron chi connectivity index (χ1n) is 5.23. The number of hydrogen-bond donors (Lipinski definition) is 0. The lowest BCUT2D eigenvalue weighted by atomic mass is 10.2. The molecule has 0 bridgehead atoms. The zero-order chi connectivity index (χ0) is 11.1. The van der Waals surface area contributed by atoms with Crippen molar-refractivity contribution in [2.45, 2.75) is 20.4 Å². The first-order valence-corrected chi connectivity index (χ1v) is 6.63. The van der Waals surface area contributed by atoms with Gasteiger partial charge in [-0.05, 0) is 18.2 Å². The van der Waals surface area contributed by atoms with Crippen molar-refractivity contribution in [1.82, 2.24) is 4.90 Å². The van der Waals surface area contributed by atoms with Crippen LogP contribution < -0.4 is 0 Å². The molecule has 1 nitrogen and oxygen atoms in total. The molecule has 1 rings (SSSR count). The molecule has 0 atom stereocenters. The molecule has 0 amide bonds. The number of thiocarbonyl (C=S) groups is 1. The van der Waals surface area contributed by atoms with Crippen molar-refractivity contribution < 1.29 is 0 Å². The Bertz CT molecular complexity index is 298. The first kappa shape index (κ1) is 12.5. The monoisotopic (exact) mass is 239 g/mol. The predicted molar refractivity (Wildman–Crippen MR) is 73.3 cm³/mol. The van der Waals surface area contributed by atoms with Crippen LogP contribution in [-0.4, -0.2) is 21.5 Å². The van der Waals surface area contributed by atoms with Crippen LogP contribution in [0.3, 0.4) is 0 Å². The standard InChI is InChI=1S/C12H17NS2/c1-3-13(12(14)15-4-2)10-11-8-6-5-7-9-11/h5-9H,3-4,10H2,1-2H3. The molecule has 0 aliphatic heterocycles. The molecule has 0 heterocycles. The van der Waals surface area contributed by atoms with E-state index in [0.29, 0.717) is 0 Å². The van der Waals surface area contributed by atoms with E-state index < -0.39 is 0 Å². The number of thioether (sulfide) groups is 1. The van der Waals surface area contributed by atoms with Crippen LogP contribution in [0.4, 0.5) is 0 Å². The van der Waals surface area contributed by atoms with E-state index in [2.05, 4.69) is 43.0 Å². The molecule has 0 fully saturated rings. The molecule has 1 aromatic rings. The SMILES string of the molecule is CCSC(=S)N(CC)Cc1ccccc1. The van der Waals surface area contributed by atoms with Crippen LogP contribution >= 0.6 is 24.0 Å². The molecule has 15 heavy (non-hydrogen) atoms. The lowest BCUT2D eigenvalue weighted by Gasteiger charge is -2.22. The van der Waals surface area contributed by atoms with Gasteiger partial charge in [-0.3, -0.25) is 0 Å². The molecule has 0 unspecified atom stereocenters. The van der Waals surface area contributed by atoms with Crippen molar-refractivity contribution in [3.8, 4) is 0 Å². The summed E-state index contributed by atoms with van der Waals surface area (Å²) in [5, 5.41) is 0. The van der Waals surface area contributed by atoms with E-state index in [1.54, 1.807) is 11.8 Å². The highest BCUT2D eigenvalue weighted by molar-refractivity contribution is 8.22. The Morgan fingerprint density at radius 3 is 2.47 bits per heavy atom. The highest BCUT2D eigenvalue weighted by Gasteiger charge is 2.07. The van der Waals surface area contributed by atoms with Gasteiger partial charge in [0.25, 0.3) is 0 Å². The van der Waals surface area contributed by atoms with E-state index in [-0.39, 0.29) is 0 Å². The van der Waals surface area contributed by atoms with Gasteiger partial charge in [0.15, 0.2) is 0 Å². The van der Waals surface area contributed by atoms with E-state index in [1.165, 1.54) is 5.56 Å². The molecule has 0 N–H and O–H groups in total. The second kappa shape index (κ2) is 6.85. The van der Waals surface area contributed by atoms with Crippen LogP contribution in [-0.2, 0) is 6.54 Å². The van der Waals surface area contributed by atoms with Gasteiger partial charge in [-0.15, -0.1) is 0 Å². The van der Waals surface area contributed by atoms with E-state index in [9.17, 15) is 0 Å². The summed E-state index contributed by atoms with van der Waals surface area (Å²) in [4.78, 5) is 2.23. The normalized spacial score (nSPS) is 10.0. The van der Waals surface area contributed by atoms with Gasteiger partial charge in [0.1, 0.15) is 4.32 Å². The number of rotatable bonds is 4. The Kier molecular flexibility index (Phi) is 5.73. The Hall–Kier alpha value is -0.540. The van der Waals surface area contributed by atoms with Crippen LogP contribution in [0.15, 0.2) is 30.3 Å². The Balaban J connectivity index is 2.58. The molecule has 1 aromatic carbocycles. The molecular formula is C12H17NS2. The van der Waals surface area contributed by atoms with Crippen LogP contribution in [0.1, 0.15) is 19.4 Å². The lowest BCUT2D eigenvalue weighted by molar-refractivity contribution is 0.451. The minimum atomic E-state index is 0.920. The van der Waals surface area contributed by atoms with E-state index in [0.717, 1.165) is 23.2 Å². The fourth-order valence-electron chi connectivity index (χ4n) is 1.32. The fraction of sp³-hybridized carbons (Fsp3) is 0.417. The second-order valence-corrected chi connectivity index (χ2v) is 5.10. The fourth-order valence-corrected chi connectivity index (χ4v) is 2.49. The molecule has 3 heteroatoms. The summed E-state index contributed by atoms with van der Waals surface area (Å²) in [6, 6.07) is 10.5. The third-order valence-electron chi connectivity index (χ3n) is 2.12. The molecule has 0 aromatic heterocycles. The van der Waals surface area contributed by atoms with Gasteiger partial charge in [-0.25, -0.2) is 0 Å². The van der Waals surface area contributed by atoms with Crippen LogP contribution in [0.2, 0.25) is 0 Å². The van der Waals surface area contributed by atoms with Gasteiger partial charge in [0.05, 0.1) is 0 Å². The molecule has 0 saturated heterocycles. The molecule has 0 aliphatic rings. The lowest BCUT2D eigenvalue weighted by Crippen LogP contribution is -2.26. The predicted octanol–water partition coefficient (Wildman–Crippen LogP) is 3.55. The smallest absolute Gasteiger partial charge is 0.136 e. The second-order valence-electron chi connectivity index (χ2n) is 3.20. The van der Waals surface area contributed by atoms with Gasteiger partial charge >= 0.3 is 0 Å². The highest BCUT2D eigenvalue weighted by atomic mass is 32.2. The zero-order valence-electron chi connectivity index (χ0n) is 9.27. The highest BCUT2D eigenvalue weighted by Crippen LogP contribution is 2.12. The van der Waals surface area contributed by atoms with Crippen molar-refractivity contribution >= 4 is 28.3 Å².